The van der Waals surface area contributed by atoms with E-state index in [1.165, 1.54) is 6.92 Å². The van der Waals surface area contributed by atoms with Gasteiger partial charge in [0, 0.05) is 69.4 Å². The number of hydrogen-bond donors (Lipinski definition) is 2. The number of nitrogens with one attached hydrogen (secondary N) is 2. The molecule has 2 aromatic carbocycles. The number of ether oxygens (including phenoxy) is 1. The van der Waals surface area contributed by atoms with Gasteiger partial charge in [0.25, 0.3) is 5.91 Å². The molecule has 3 rings (SSSR count). The van der Waals surface area contributed by atoms with Crippen molar-refractivity contribution >= 4 is 23.4 Å². The zero-order valence-corrected chi connectivity index (χ0v) is 18.6. The lowest BCUT2D eigenvalue weighted by Crippen LogP contribution is -2.47. The summed E-state index contributed by atoms with van der Waals surface area (Å²) < 4.78 is 5.45. The summed E-state index contributed by atoms with van der Waals surface area (Å²) in [6.07, 6.45) is 0.242. The van der Waals surface area contributed by atoms with Crippen molar-refractivity contribution in [3.8, 4) is 5.75 Å². The SMILES string of the molecule is COc1ccccc1CN(CCC(=O)N1CCNCC1)C(=O)c1cccc(NC(C)=O)c1. The Bertz CT molecular complexity index is 957. The van der Waals surface area contributed by atoms with Crippen LogP contribution in [0.5, 0.6) is 5.75 Å². The van der Waals surface area contributed by atoms with Crippen LogP contribution in [0, 0.1) is 0 Å². The summed E-state index contributed by atoms with van der Waals surface area (Å²) in [6.45, 7) is 4.93. The van der Waals surface area contributed by atoms with Gasteiger partial charge in [-0.3, -0.25) is 14.4 Å². The van der Waals surface area contributed by atoms with Gasteiger partial charge in [-0.25, -0.2) is 0 Å². The second-order valence-corrected chi connectivity index (χ2v) is 7.68. The molecule has 32 heavy (non-hydrogen) atoms. The third-order valence-electron chi connectivity index (χ3n) is 5.34. The molecule has 1 heterocycles. The summed E-state index contributed by atoms with van der Waals surface area (Å²) in [5.41, 5.74) is 1.86. The number of carbonyl (C=O) groups is 3. The summed E-state index contributed by atoms with van der Waals surface area (Å²) in [5.74, 6) is 0.306. The quantitative estimate of drug-likeness (QED) is 0.659. The number of anilines is 1. The van der Waals surface area contributed by atoms with E-state index < -0.39 is 0 Å². The maximum atomic E-state index is 13.4. The summed E-state index contributed by atoms with van der Waals surface area (Å²) >= 11 is 0. The van der Waals surface area contributed by atoms with Gasteiger partial charge in [-0.1, -0.05) is 24.3 Å². The molecule has 0 saturated carbocycles. The zero-order valence-electron chi connectivity index (χ0n) is 18.6. The van der Waals surface area contributed by atoms with Crippen molar-refractivity contribution in [3.05, 3.63) is 59.7 Å². The molecule has 2 N–H and O–H groups in total. The average Bonchev–Trinajstić information content (AvgIpc) is 2.81. The molecule has 170 valence electrons. The van der Waals surface area contributed by atoms with E-state index in [2.05, 4.69) is 10.6 Å². The Balaban J connectivity index is 1.79. The van der Waals surface area contributed by atoms with Crippen molar-refractivity contribution in [1.82, 2.24) is 15.1 Å². The minimum Gasteiger partial charge on any atom is -0.496 e. The fourth-order valence-electron chi connectivity index (χ4n) is 3.71. The molecule has 8 nitrogen and oxygen atoms in total. The Labute approximate surface area is 188 Å². The molecule has 8 heteroatoms. The van der Waals surface area contributed by atoms with E-state index in [0.717, 1.165) is 18.7 Å². The highest BCUT2D eigenvalue weighted by atomic mass is 16.5. The fraction of sp³-hybridized carbons (Fsp3) is 0.375. The predicted octanol–water partition coefficient (Wildman–Crippen LogP) is 2.12. The first-order valence-electron chi connectivity index (χ1n) is 10.7. The molecule has 1 aliphatic rings. The maximum absolute atomic E-state index is 13.4. The third-order valence-corrected chi connectivity index (χ3v) is 5.34. The van der Waals surface area contributed by atoms with Gasteiger partial charge in [-0.2, -0.15) is 0 Å². The molecular formula is C24H30N4O4. The molecule has 0 bridgehead atoms. The first kappa shape index (κ1) is 23.3. The molecule has 1 aliphatic heterocycles. The van der Waals surface area contributed by atoms with Crippen LogP contribution in [-0.2, 0) is 16.1 Å². The minimum absolute atomic E-state index is 0.0383. The molecule has 2 aromatic rings. The summed E-state index contributed by atoms with van der Waals surface area (Å²) in [5, 5.41) is 5.94. The lowest BCUT2D eigenvalue weighted by atomic mass is 10.1. The van der Waals surface area contributed by atoms with E-state index in [4.69, 9.17) is 4.74 Å². The van der Waals surface area contributed by atoms with Gasteiger partial charge in [-0.05, 0) is 24.3 Å². The molecule has 0 atom stereocenters. The van der Waals surface area contributed by atoms with Crippen LogP contribution in [0.15, 0.2) is 48.5 Å². The molecule has 0 radical (unpaired) electrons. The van der Waals surface area contributed by atoms with Gasteiger partial charge in [0.2, 0.25) is 11.8 Å². The molecular weight excluding hydrogens is 408 g/mol. The first-order valence-corrected chi connectivity index (χ1v) is 10.7. The van der Waals surface area contributed by atoms with Gasteiger partial charge in [0.05, 0.1) is 7.11 Å². The third kappa shape index (κ3) is 6.31. The van der Waals surface area contributed by atoms with Gasteiger partial charge >= 0.3 is 0 Å². The first-order chi connectivity index (χ1) is 15.5. The summed E-state index contributed by atoms with van der Waals surface area (Å²) in [4.78, 5) is 41.0. The Hall–Kier alpha value is -3.39. The van der Waals surface area contributed by atoms with Crippen LogP contribution < -0.4 is 15.4 Å². The number of amides is 3. The number of hydrogen-bond acceptors (Lipinski definition) is 5. The Morgan fingerprint density at radius 2 is 1.84 bits per heavy atom. The van der Waals surface area contributed by atoms with Gasteiger partial charge in [0.1, 0.15) is 5.75 Å². The highest BCUT2D eigenvalue weighted by molar-refractivity contribution is 5.97. The smallest absolute Gasteiger partial charge is 0.254 e. The average molecular weight is 439 g/mol. The normalized spacial score (nSPS) is 13.4. The van der Waals surface area contributed by atoms with Crippen molar-refractivity contribution in [2.75, 3.05) is 45.2 Å². The zero-order chi connectivity index (χ0) is 22.9. The van der Waals surface area contributed by atoms with E-state index in [1.54, 1.807) is 36.3 Å². The highest BCUT2D eigenvalue weighted by Crippen LogP contribution is 2.21. The van der Waals surface area contributed by atoms with Crippen LogP contribution >= 0.6 is 0 Å². The van der Waals surface area contributed by atoms with Crippen LogP contribution in [0.25, 0.3) is 0 Å². The number of para-hydroxylation sites is 1. The molecule has 0 aromatic heterocycles. The molecule has 1 saturated heterocycles. The molecule has 0 unspecified atom stereocenters. The second-order valence-electron chi connectivity index (χ2n) is 7.68. The lowest BCUT2D eigenvalue weighted by molar-refractivity contribution is -0.132. The predicted molar refractivity (Wildman–Crippen MR) is 123 cm³/mol. The van der Waals surface area contributed by atoms with Crippen LogP contribution in [-0.4, -0.2) is 67.4 Å². The second kappa shape index (κ2) is 11.3. The van der Waals surface area contributed by atoms with Gasteiger partial charge in [-0.15, -0.1) is 0 Å². The van der Waals surface area contributed by atoms with Crippen LogP contribution in [0.3, 0.4) is 0 Å². The van der Waals surface area contributed by atoms with E-state index in [0.29, 0.717) is 36.6 Å². The van der Waals surface area contributed by atoms with Crippen LogP contribution in [0.2, 0.25) is 0 Å². The Morgan fingerprint density at radius 3 is 2.56 bits per heavy atom. The molecule has 0 aliphatic carbocycles. The summed E-state index contributed by atoms with van der Waals surface area (Å²) in [7, 11) is 1.59. The number of nitrogens with zero attached hydrogens (tertiary/aromatic N) is 2. The Kier molecular flexibility index (Phi) is 8.21. The fourth-order valence-corrected chi connectivity index (χ4v) is 3.71. The van der Waals surface area contributed by atoms with Crippen LogP contribution in [0.1, 0.15) is 29.3 Å². The van der Waals surface area contributed by atoms with Gasteiger partial charge < -0.3 is 25.2 Å². The molecule has 3 amide bonds. The van der Waals surface area contributed by atoms with Crippen molar-refractivity contribution in [3.63, 3.8) is 0 Å². The number of rotatable bonds is 8. The van der Waals surface area contributed by atoms with E-state index in [1.807, 2.05) is 29.2 Å². The lowest BCUT2D eigenvalue weighted by Gasteiger charge is -2.29. The summed E-state index contributed by atoms with van der Waals surface area (Å²) in [6, 6.07) is 14.3. The van der Waals surface area contributed by atoms with Crippen molar-refractivity contribution in [2.24, 2.45) is 0 Å². The van der Waals surface area contributed by atoms with E-state index in [9.17, 15) is 14.4 Å². The molecule has 0 spiro atoms. The van der Waals surface area contributed by atoms with Crippen molar-refractivity contribution in [2.45, 2.75) is 19.9 Å². The van der Waals surface area contributed by atoms with Crippen LogP contribution in [0.4, 0.5) is 5.69 Å². The maximum Gasteiger partial charge on any atom is 0.254 e. The standard InChI is InChI=1S/C24H30N4O4/c1-18(29)26-21-8-5-7-19(16-21)24(31)28(17-20-6-3-4-9-22(20)32-2)13-10-23(30)27-14-11-25-12-15-27/h3-9,16,25H,10-15,17H2,1-2H3,(H,26,29). The number of benzene rings is 2. The highest BCUT2D eigenvalue weighted by Gasteiger charge is 2.22. The molecule has 1 fully saturated rings. The van der Waals surface area contributed by atoms with Crippen molar-refractivity contribution < 1.29 is 19.1 Å². The Morgan fingerprint density at radius 1 is 1.09 bits per heavy atom. The van der Waals surface area contributed by atoms with Gasteiger partial charge in [0.15, 0.2) is 0 Å². The number of piperazine rings is 1. The van der Waals surface area contributed by atoms with E-state index >= 15 is 0 Å². The number of methoxy groups -OCH3 is 1. The minimum atomic E-state index is -0.212. The van der Waals surface area contributed by atoms with E-state index in [-0.39, 0.29) is 30.7 Å². The number of carbonyl (C=O) groups excluding carboxylic acids is 3. The topological polar surface area (TPSA) is 91.0 Å². The largest absolute Gasteiger partial charge is 0.496 e. The monoisotopic (exact) mass is 438 g/mol. The van der Waals surface area contributed by atoms with Crippen molar-refractivity contribution in [1.29, 1.82) is 0 Å².